The van der Waals surface area contributed by atoms with Crippen LogP contribution in [-0.4, -0.2) is 5.97 Å². The molecule has 128 valence electrons. The maximum absolute atomic E-state index is 12.0. The Morgan fingerprint density at radius 2 is 2.04 bits per heavy atom. The summed E-state index contributed by atoms with van der Waals surface area (Å²) in [5.74, 6) is -0.793. The highest BCUT2D eigenvalue weighted by Crippen LogP contribution is 2.25. The number of hydrogen-bond acceptors (Lipinski definition) is 5. The van der Waals surface area contributed by atoms with Crippen LogP contribution in [0.25, 0.3) is 11.0 Å². The fourth-order valence-electron chi connectivity index (χ4n) is 2.61. The molecule has 0 radical (unpaired) electrons. The molecule has 0 saturated carbocycles. The number of carboxylic acids is 1. The molecule has 3 rings (SSSR count). The zero-order chi connectivity index (χ0) is 18.0. The summed E-state index contributed by atoms with van der Waals surface area (Å²) in [5, 5.41) is 12.1. The second kappa shape index (κ2) is 6.99. The van der Waals surface area contributed by atoms with Crippen LogP contribution in [0, 0.1) is 6.92 Å². The van der Waals surface area contributed by atoms with Gasteiger partial charge in [0.1, 0.15) is 17.9 Å². The third-order valence-corrected chi connectivity index (χ3v) is 4.11. The molecule has 25 heavy (non-hydrogen) atoms. The second-order valence-corrected chi connectivity index (χ2v) is 6.05. The SMILES string of the molecule is Cc1c(CC(=O)[O-])c(=O)oc2cc(OCc3cccc(Cl)c3)ccc12. The van der Waals surface area contributed by atoms with Crippen molar-refractivity contribution in [2.24, 2.45) is 0 Å². The Morgan fingerprint density at radius 1 is 1.24 bits per heavy atom. The predicted molar refractivity (Wildman–Crippen MR) is 91.7 cm³/mol. The molecule has 0 amide bonds. The Labute approximate surface area is 148 Å². The topological polar surface area (TPSA) is 79.6 Å². The van der Waals surface area contributed by atoms with E-state index in [1.54, 1.807) is 37.3 Å². The Kier molecular flexibility index (Phi) is 4.76. The second-order valence-electron chi connectivity index (χ2n) is 5.62. The number of carboxylic acid groups (broad SMARTS) is 1. The van der Waals surface area contributed by atoms with Crippen LogP contribution >= 0.6 is 11.6 Å². The number of benzene rings is 2. The molecule has 0 bridgehead atoms. The lowest BCUT2D eigenvalue weighted by atomic mass is 10.0. The van der Waals surface area contributed by atoms with Crippen LogP contribution in [-0.2, 0) is 17.8 Å². The van der Waals surface area contributed by atoms with E-state index in [1.807, 2.05) is 12.1 Å². The van der Waals surface area contributed by atoms with Gasteiger partial charge in [-0.05, 0) is 42.3 Å². The Balaban J connectivity index is 1.90. The van der Waals surface area contributed by atoms with Gasteiger partial charge in [-0.15, -0.1) is 0 Å². The van der Waals surface area contributed by atoms with E-state index in [2.05, 4.69) is 0 Å². The zero-order valence-corrected chi connectivity index (χ0v) is 14.1. The van der Waals surface area contributed by atoms with E-state index < -0.39 is 18.0 Å². The number of carbonyl (C=O) groups is 1. The lowest BCUT2D eigenvalue weighted by Crippen LogP contribution is -2.27. The van der Waals surface area contributed by atoms with Gasteiger partial charge in [0.25, 0.3) is 0 Å². The molecular weight excluding hydrogens is 344 g/mol. The molecule has 1 aromatic heterocycles. The monoisotopic (exact) mass is 357 g/mol. The van der Waals surface area contributed by atoms with Crippen LogP contribution < -0.4 is 15.5 Å². The van der Waals surface area contributed by atoms with E-state index >= 15 is 0 Å². The van der Waals surface area contributed by atoms with E-state index in [1.165, 1.54) is 0 Å². The quantitative estimate of drug-likeness (QED) is 0.656. The smallest absolute Gasteiger partial charge is 0.340 e. The minimum atomic E-state index is -1.32. The number of ether oxygens (including phenoxy) is 1. The van der Waals surface area contributed by atoms with Gasteiger partial charge in [-0.3, -0.25) is 0 Å². The van der Waals surface area contributed by atoms with Gasteiger partial charge >= 0.3 is 5.63 Å². The molecule has 2 aromatic carbocycles. The zero-order valence-electron chi connectivity index (χ0n) is 13.4. The highest BCUT2D eigenvalue weighted by molar-refractivity contribution is 6.30. The third kappa shape index (κ3) is 3.83. The van der Waals surface area contributed by atoms with Crippen molar-refractivity contribution in [1.29, 1.82) is 0 Å². The minimum Gasteiger partial charge on any atom is -0.550 e. The van der Waals surface area contributed by atoms with Crippen molar-refractivity contribution in [3.05, 3.63) is 74.6 Å². The summed E-state index contributed by atoms with van der Waals surface area (Å²) in [7, 11) is 0. The summed E-state index contributed by atoms with van der Waals surface area (Å²) in [4.78, 5) is 22.8. The summed E-state index contributed by atoms with van der Waals surface area (Å²) in [6, 6.07) is 12.4. The van der Waals surface area contributed by atoms with Crippen molar-refractivity contribution in [2.75, 3.05) is 0 Å². The molecule has 0 fully saturated rings. The number of aryl methyl sites for hydroxylation is 1. The first-order valence-electron chi connectivity index (χ1n) is 7.57. The maximum Gasteiger partial charge on any atom is 0.340 e. The first-order valence-corrected chi connectivity index (χ1v) is 7.95. The largest absolute Gasteiger partial charge is 0.550 e. The van der Waals surface area contributed by atoms with Crippen LogP contribution in [0.1, 0.15) is 16.7 Å². The van der Waals surface area contributed by atoms with E-state index in [0.717, 1.165) is 5.56 Å². The fraction of sp³-hybridized carbons (Fsp3) is 0.158. The molecule has 0 aliphatic heterocycles. The summed E-state index contributed by atoms with van der Waals surface area (Å²) < 4.78 is 10.9. The number of fused-ring (bicyclic) bond motifs is 1. The van der Waals surface area contributed by atoms with Crippen LogP contribution in [0.15, 0.2) is 51.7 Å². The first kappa shape index (κ1) is 17.0. The molecule has 0 unspecified atom stereocenters. The number of carbonyl (C=O) groups excluding carboxylic acids is 1. The van der Waals surface area contributed by atoms with Crippen molar-refractivity contribution >= 4 is 28.5 Å². The van der Waals surface area contributed by atoms with Gasteiger partial charge in [0.05, 0.1) is 0 Å². The molecule has 0 aliphatic carbocycles. The van der Waals surface area contributed by atoms with E-state index in [-0.39, 0.29) is 5.56 Å². The highest BCUT2D eigenvalue weighted by atomic mass is 35.5. The van der Waals surface area contributed by atoms with Gasteiger partial charge in [-0.25, -0.2) is 4.79 Å². The summed E-state index contributed by atoms with van der Waals surface area (Å²) in [6.07, 6.45) is -0.475. The molecule has 1 heterocycles. The number of aliphatic carboxylic acids is 1. The van der Waals surface area contributed by atoms with E-state index in [9.17, 15) is 14.7 Å². The lowest BCUT2D eigenvalue weighted by Gasteiger charge is -2.10. The normalized spacial score (nSPS) is 10.8. The molecule has 0 saturated heterocycles. The fourth-order valence-corrected chi connectivity index (χ4v) is 2.82. The molecule has 0 atom stereocenters. The third-order valence-electron chi connectivity index (χ3n) is 3.87. The molecule has 5 nitrogen and oxygen atoms in total. The van der Waals surface area contributed by atoms with Gasteiger partial charge in [-0.1, -0.05) is 23.7 Å². The number of halogens is 1. The average molecular weight is 358 g/mol. The molecule has 0 N–H and O–H groups in total. The summed E-state index contributed by atoms with van der Waals surface area (Å²) >= 11 is 5.94. The summed E-state index contributed by atoms with van der Waals surface area (Å²) in [6.45, 7) is 2.00. The maximum atomic E-state index is 12.0. The van der Waals surface area contributed by atoms with Crippen LogP contribution in [0.2, 0.25) is 5.02 Å². The van der Waals surface area contributed by atoms with E-state index in [0.29, 0.717) is 33.9 Å². The van der Waals surface area contributed by atoms with Gasteiger partial charge < -0.3 is 19.1 Å². The van der Waals surface area contributed by atoms with Crippen molar-refractivity contribution in [1.82, 2.24) is 0 Å². The highest BCUT2D eigenvalue weighted by Gasteiger charge is 2.12. The van der Waals surface area contributed by atoms with Crippen LogP contribution in [0.5, 0.6) is 5.75 Å². The standard InChI is InChI=1S/C19H15ClO5/c1-11-15-6-5-14(24-10-12-3-2-4-13(20)7-12)8-17(15)25-19(23)16(11)9-18(21)22/h2-8H,9-10H2,1H3,(H,21,22)/p-1. The van der Waals surface area contributed by atoms with Crippen LogP contribution in [0.4, 0.5) is 0 Å². The van der Waals surface area contributed by atoms with Crippen molar-refractivity contribution < 1.29 is 19.1 Å². The van der Waals surface area contributed by atoms with Crippen molar-refractivity contribution in [3.63, 3.8) is 0 Å². The molecule has 6 heteroatoms. The summed E-state index contributed by atoms with van der Waals surface area (Å²) in [5.41, 5.74) is 1.24. The number of rotatable bonds is 5. The van der Waals surface area contributed by atoms with Gasteiger partial charge in [0.2, 0.25) is 0 Å². The number of hydrogen-bond donors (Lipinski definition) is 0. The van der Waals surface area contributed by atoms with Gasteiger partial charge in [0.15, 0.2) is 0 Å². The van der Waals surface area contributed by atoms with Gasteiger partial charge in [0, 0.05) is 34.4 Å². The van der Waals surface area contributed by atoms with Crippen LogP contribution in [0.3, 0.4) is 0 Å². The van der Waals surface area contributed by atoms with Crippen molar-refractivity contribution in [2.45, 2.75) is 20.0 Å². The molecule has 0 spiro atoms. The first-order chi connectivity index (χ1) is 11.9. The predicted octanol–water partition coefficient (Wildman–Crippen LogP) is 2.63. The lowest BCUT2D eigenvalue weighted by molar-refractivity contribution is -0.304. The Hall–Kier alpha value is -2.79. The Bertz CT molecular complexity index is 1010. The van der Waals surface area contributed by atoms with E-state index in [4.69, 9.17) is 20.8 Å². The van der Waals surface area contributed by atoms with Gasteiger partial charge in [-0.2, -0.15) is 0 Å². The minimum absolute atomic E-state index is 0.0973. The molecular formula is C19H14ClO5-. The molecule has 0 aliphatic rings. The Morgan fingerprint density at radius 3 is 2.76 bits per heavy atom. The molecule has 3 aromatic rings. The van der Waals surface area contributed by atoms with Crippen molar-refractivity contribution in [3.8, 4) is 5.75 Å². The average Bonchev–Trinajstić information content (AvgIpc) is 2.56.